The second-order valence-corrected chi connectivity index (χ2v) is 8.21. The van der Waals surface area contributed by atoms with Gasteiger partial charge in [-0.15, -0.1) is 0 Å². The minimum Gasteiger partial charge on any atom is -0.281 e. The first kappa shape index (κ1) is 19.1. The highest BCUT2D eigenvalue weighted by atomic mass is 14.8. The van der Waals surface area contributed by atoms with Crippen molar-refractivity contribution in [3.05, 3.63) is 107 Å². The largest absolute Gasteiger partial charge is 0.281 e. The standard InChI is InChI=1S/C26H29N/c1-20(19-21-15-17-24(18-16-21)26(2,3)4)27-25(22-11-7-5-8-12-22)23-13-9-6-10-14-23/h5-18,20H,19H2,1-4H3. The summed E-state index contributed by atoms with van der Waals surface area (Å²) in [5, 5.41) is 0. The lowest BCUT2D eigenvalue weighted by molar-refractivity contribution is 0.589. The Kier molecular flexibility index (Phi) is 5.91. The van der Waals surface area contributed by atoms with Crippen LogP contribution in [0.25, 0.3) is 0 Å². The van der Waals surface area contributed by atoms with Crippen LogP contribution in [-0.4, -0.2) is 11.8 Å². The van der Waals surface area contributed by atoms with E-state index in [2.05, 4.69) is 100 Å². The van der Waals surface area contributed by atoms with Gasteiger partial charge in [0.15, 0.2) is 0 Å². The predicted octanol–water partition coefficient (Wildman–Crippen LogP) is 6.45. The van der Waals surface area contributed by atoms with Crippen molar-refractivity contribution in [1.29, 1.82) is 0 Å². The molecule has 0 aliphatic rings. The van der Waals surface area contributed by atoms with E-state index < -0.39 is 0 Å². The van der Waals surface area contributed by atoms with Crippen LogP contribution in [0.1, 0.15) is 49.9 Å². The third kappa shape index (κ3) is 5.17. The summed E-state index contributed by atoms with van der Waals surface area (Å²) in [5.41, 5.74) is 6.29. The molecule has 3 rings (SSSR count). The lowest BCUT2D eigenvalue weighted by atomic mass is 9.86. The molecule has 0 aliphatic carbocycles. The van der Waals surface area contributed by atoms with E-state index in [1.165, 1.54) is 22.3 Å². The first-order chi connectivity index (χ1) is 12.9. The molecule has 1 heteroatoms. The SMILES string of the molecule is CC(Cc1ccc(C(C)(C)C)cc1)N=C(c1ccccc1)c1ccccc1. The predicted molar refractivity (Wildman–Crippen MR) is 117 cm³/mol. The molecule has 138 valence electrons. The van der Waals surface area contributed by atoms with Crippen LogP contribution in [0.15, 0.2) is 89.9 Å². The van der Waals surface area contributed by atoms with Crippen molar-refractivity contribution in [1.82, 2.24) is 0 Å². The Morgan fingerprint density at radius 2 is 1.22 bits per heavy atom. The van der Waals surface area contributed by atoms with Gasteiger partial charge in [-0.25, -0.2) is 0 Å². The van der Waals surface area contributed by atoms with Gasteiger partial charge < -0.3 is 0 Å². The molecule has 0 fully saturated rings. The van der Waals surface area contributed by atoms with Gasteiger partial charge in [-0.3, -0.25) is 4.99 Å². The maximum atomic E-state index is 5.10. The van der Waals surface area contributed by atoms with E-state index in [0.29, 0.717) is 0 Å². The summed E-state index contributed by atoms with van der Waals surface area (Å²) in [5.74, 6) is 0. The summed E-state index contributed by atoms with van der Waals surface area (Å²) in [6, 6.07) is 30.1. The molecule has 0 amide bonds. The number of aliphatic imine (C=N–C) groups is 1. The highest BCUT2D eigenvalue weighted by molar-refractivity contribution is 6.12. The van der Waals surface area contributed by atoms with Crippen LogP contribution in [0.3, 0.4) is 0 Å². The maximum Gasteiger partial charge on any atom is 0.0722 e. The van der Waals surface area contributed by atoms with E-state index in [4.69, 9.17) is 4.99 Å². The van der Waals surface area contributed by atoms with E-state index in [9.17, 15) is 0 Å². The topological polar surface area (TPSA) is 12.4 Å². The van der Waals surface area contributed by atoms with Gasteiger partial charge in [0.05, 0.1) is 11.8 Å². The van der Waals surface area contributed by atoms with Gasteiger partial charge in [0.2, 0.25) is 0 Å². The highest BCUT2D eigenvalue weighted by Gasteiger charge is 2.14. The van der Waals surface area contributed by atoms with Gasteiger partial charge >= 0.3 is 0 Å². The third-order valence-electron chi connectivity index (χ3n) is 4.80. The van der Waals surface area contributed by atoms with Crippen LogP contribution in [0, 0.1) is 0 Å². The second-order valence-electron chi connectivity index (χ2n) is 8.21. The van der Waals surface area contributed by atoms with Gasteiger partial charge in [-0.05, 0) is 29.9 Å². The molecule has 0 aliphatic heterocycles. The summed E-state index contributed by atoms with van der Waals surface area (Å²) >= 11 is 0. The molecule has 27 heavy (non-hydrogen) atoms. The van der Waals surface area contributed by atoms with Crippen molar-refractivity contribution < 1.29 is 0 Å². The Morgan fingerprint density at radius 3 is 1.67 bits per heavy atom. The van der Waals surface area contributed by atoms with Gasteiger partial charge in [-0.1, -0.05) is 106 Å². The van der Waals surface area contributed by atoms with Crippen LogP contribution in [0.5, 0.6) is 0 Å². The van der Waals surface area contributed by atoms with Crippen LogP contribution in [-0.2, 0) is 11.8 Å². The number of benzene rings is 3. The van der Waals surface area contributed by atoms with Gasteiger partial charge in [0, 0.05) is 11.1 Å². The Labute approximate surface area is 163 Å². The summed E-state index contributed by atoms with van der Waals surface area (Å²) < 4.78 is 0. The Bertz CT molecular complexity index is 828. The second kappa shape index (κ2) is 8.35. The van der Waals surface area contributed by atoms with Crippen LogP contribution in [0.2, 0.25) is 0 Å². The zero-order valence-corrected chi connectivity index (χ0v) is 16.8. The average molecular weight is 356 g/mol. The molecule has 3 aromatic carbocycles. The molecular weight excluding hydrogens is 326 g/mol. The van der Waals surface area contributed by atoms with E-state index in [1.54, 1.807) is 0 Å². The lowest BCUT2D eigenvalue weighted by Gasteiger charge is -2.19. The molecule has 3 aromatic rings. The van der Waals surface area contributed by atoms with Crippen molar-refractivity contribution in [2.75, 3.05) is 0 Å². The van der Waals surface area contributed by atoms with E-state index in [-0.39, 0.29) is 11.5 Å². The summed E-state index contributed by atoms with van der Waals surface area (Å²) in [4.78, 5) is 5.10. The Balaban J connectivity index is 1.85. The summed E-state index contributed by atoms with van der Waals surface area (Å²) in [6.07, 6.45) is 0.938. The minimum atomic E-state index is 0.191. The molecule has 0 saturated carbocycles. The van der Waals surface area contributed by atoms with Crippen LogP contribution < -0.4 is 0 Å². The van der Waals surface area contributed by atoms with Crippen LogP contribution in [0.4, 0.5) is 0 Å². The van der Waals surface area contributed by atoms with E-state index in [0.717, 1.165) is 12.1 Å². The monoisotopic (exact) mass is 355 g/mol. The number of hydrogen-bond donors (Lipinski definition) is 0. The maximum absolute atomic E-state index is 5.10. The van der Waals surface area contributed by atoms with Crippen molar-refractivity contribution >= 4 is 5.71 Å². The number of rotatable bonds is 5. The fourth-order valence-electron chi connectivity index (χ4n) is 3.26. The minimum absolute atomic E-state index is 0.191. The molecule has 1 atom stereocenters. The molecule has 1 unspecified atom stereocenters. The molecule has 0 N–H and O–H groups in total. The number of nitrogens with zero attached hydrogens (tertiary/aromatic N) is 1. The first-order valence-electron chi connectivity index (χ1n) is 9.71. The van der Waals surface area contributed by atoms with Crippen LogP contribution >= 0.6 is 0 Å². The fraction of sp³-hybridized carbons (Fsp3) is 0.269. The fourth-order valence-corrected chi connectivity index (χ4v) is 3.26. The molecular formula is C26H29N. The quantitative estimate of drug-likeness (QED) is 0.466. The molecule has 0 saturated heterocycles. The normalized spacial score (nSPS) is 12.4. The first-order valence-corrected chi connectivity index (χ1v) is 9.71. The highest BCUT2D eigenvalue weighted by Crippen LogP contribution is 2.23. The van der Waals surface area contributed by atoms with Gasteiger partial charge in [-0.2, -0.15) is 0 Å². The van der Waals surface area contributed by atoms with Crippen molar-refractivity contribution in [3.63, 3.8) is 0 Å². The molecule has 0 spiro atoms. The third-order valence-corrected chi connectivity index (χ3v) is 4.80. The smallest absolute Gasteiger partial charge is 0.0722 e. The van der Waals surface area contributed by atoms with Crippen molar-refractivity contribution in [3.8, 4) is 0 Å². The molecule has 1 nitrogen and oxygen atoms in total. The molecule has 0 bridgehead atoms. The Morgan fingerprint density at radius 1 is 0.741 bits per heavy atom. The zero-order chi connectivity index (χ0) is 19.3. The zero-order valence-electron chi connectivity index (χ0n) is 16.8. The molecule has 0 aromatic heterocycles. The molecule has 0 radical (unpaired) electrons. The van der Waals surface area contributed by atoms with E-state index >= 15 is 0 Å². The van der Waals surface area contributed by atoms with Crippen molar-refractivity contribution in [2.45, 2.75) is 45.6 Å². The number of hydrogen-bond acceptors (Lipinski definition) is 1. The summed E-state index contributed by atoms with van der Waals surface area (Å²) in [7, 11) is 0. The molecule has 0 heterocycles. The average Bonchev–Trinajstić information content (AvgIpc) is 2.67. The Hall–Kier alpha value is -2.67. The van der Waals surface area contributed by atoms with Gasteiger partial charge in [0.25, 0.3) is 0 Å². The van der Waals surface area contributed by atoms with E-state index in [1.807, 2.05) is 12.1 Å². The summed E-state index contributed by atoms with van der Waals surface area (Å²) in [6.45, 7) is 8.95. The van der Waals surface area contributed by atoms with Crippen molar-refractivity contribution in [2.24, 2.45) is 4.99 Å². The van der Waals surface area contributed by atoms with Gasteiger partial charge in [0.1, 0.15) is 0 Å². The lowest BCUT2D eigenvalue weighted by Crippen LogP contribution is -2.12.